The molecule has 0 aliphatic heterocycles. The maximum absolute atomic E-state index is 11.8. The summed E-state index contributed by atoms with van der Waals surface area (Å²) in [5.41, 5.74) is 0.612. The zero-order valence-corrected chi connectivity index (χ0v) is 11.4. The largest absolute Gasteiger partial charge is 0.490 e. The predicted molar refractivity (Wildman–Crippen MR) is 71.4 cm³/mol. The van der Waals surface area contributed by atoms with E-state index in [1.54, 1.807) is 12.1 Å². The highest BCUT2D eigenvalue weighted by Crippen LogP contribution is 2.17. The molecule has 94 valence electrons. The Morgan fingerprint density at radius 1 is 1.22 bits per heavy atom. The Morgan fingerprint density at radius 3 is 2.61 bits per heavy atom. The lowest BCUT2D eigenvalue weighted by atomic mass is 10.1. The Balaban J connectivity index is 1.92. The molecule has 0 bridgehead atoms. The number of carbonyl (C=O) groups is 2. The van der Waals surface area contributed by atoms with Crippen LogP contribution in [0, 0.1) is 0 Å². The summed E-state index contributed by atoms with van der Waals surface area (Å²) in [5, 5.41) is 0. The van der Waals surface area contributed by atoms with E-state index < -0.39 is 0 Å². The van der Waals surface area contributed by atoms with Gasteiger partial charge >= 0.3 is 0 Å². The van der Waals surface area contributed by atoms with Gasteiger partial charge in [-0.15, -0.1) is 0 Å². The molecule has 0 heterocycles. The Kier molecular flexibility index (Phi) is 4.31. The zero-order chi connectivity index (χ0) is 13.0. The van der Waals surface area contributed by atoms with Crippen molar-refractivity contribution in [1.29, 1.82) is 0 Å². The lowest BCUT2D eigenvalue weighted by molar-refractivity contribution is -0.115. The minimum Gasteiger partial charge on any atom is -0.490 e. The number of hydrogen-bond donors (Lipinski definition) is 0. The van der Waals surface area contributed by atoms with Gasteiger partial charge in [0.1, 0.15) is 5.76 Å². The molecule has 0 fully saturated rings. The lowest BCUT2D eigenvalue weighted by Crippen LogP contribution is -2.12. The van der Waals surface area contributed by atoms with Crippen molar-refractivity contribution in [2.75, 3.05) is 6.61 Å². The molecular formula is C14H13BrO3. The second-order valence-electron chi connectivity index (χ2n) is 4.15. The molecule has 3 nitrogen and oxygen atoms in total. The molecule has 0 saturated carbocycles. The average molecular weight is 309 g/mol. The van der Waals surface area contributed by atoms with Crippen LogP contribution < -0.4 is 0 Å². The maximum atomic E-state index is 11.8. The highest BCUT2D eigenvalue weighted by molar-refractivity contribution is 9.10. The number of allylic oxidation sites excluding steroid dienone is 2. The summed E-state index contributed by atoms with van der Waals surface area (Å²) in [6, 6.07) is 7.12. The van der Waals surface area contributed by atoms with Crippen molar-refractivity contribution in [1.82, 2.24) is 0 Å². The van der Waals surface area contributed by atoms with Gasteiger partial charge in [0.2, 0.25) is 0 Å². The van der Waals surface area contributed by atoms with E-state index in [-0.39, 0.29) is 18.2 Å². The zero-order valence-electron chi connectivity index (χ0n) is 9.82. The van der Waals surface area contributed by atoms with Crippen LogP contribution in [0.3, 0.4) is 0 Å². The van der Waals surface area contributed by atoms with Crippen LogP contribution in [0.25, 0.3) is 0 Å². The van der Waals surface area contributed by atoms with Gasteiger partial charge in [-0.3, -0.25) is 9.59 Å². The predicted octanol–water partition coefficient (Wildman–Crippen LogP) is 3.29. The number of ether oxygens (including phenoxy) is 1. The van der Waals surface area contributed by atoms with Gasteiger partial charge in [0.15, 0.2) is 18.2 Å². The fraction of sp³-hybridized carbons (Fsp3) is 0.286. The van der Waals surface area contributed by atoms with Gasteiger partial charge in [-0.05, 0) is 18.6 Å². The summed E-state index contributed by atoms with van der Waals surface area (Å²) in [5.74, 6) is 0.616. The van der Waals surface area contributed by atoms with Crippen LogP contribution in [0.5, 0.6) is 0 Å². The van der Waals surface area contributed by atoms with Gasteiger partial charge in [-0.1, -0.05) is 28.1 Å². The number of halogens is 1. The molecule has 2 rings (SSSR count). The van der Waals surface area contributed by atoms with E-state index in [9.17, 15) is 9.59 Å². The van der Waals surface area contributed by atoms with Crippen molar-refractivity contribution in [3.63, 3.8) is 0 Å². The van der Waals surface area contributed by atoms with Crippen LogP contribution in [-0.4, -0.2) is 18.2 Å². The molecule has 1 aliphatic carbocycles. The average Bonchev–Trinajstić information content (AvgIpc) is 2.37. The number of carbonyl (C=O) groups excluding carboxylic acids is 2. The fourth-order valence-corrected chi connectivity index (χ4v) is 2.02. The quantitative estimate of drug-likeness (QED) is 0.802. The normalized spacial score (nSPS) is 15.2. The second-order valence-corrected chi connectivity index (χ2v) is 5.06. The van der Waals surface area contributed by atoms with E-state index in [1.165, 1.54) is 6.08 Å². The molecule has 1 aromatic rings. The molecule has 0 radical (unpaired) electrons. The third-order valence-electron chi connectivity index (χ3n) is 2.72. The molecule has 4 heteroatoms. The van der Waals surface area contributed by atoms with Crippen molar-refractivity contribution in [3.8, 4) is 0 Å². The van der Waals surface area contributed by atoms with E-state index in [0.29, 0.717) is 17.7 Å². The molecular weight excluding hydrogens is 296 g/mol. The fourth-order valence-electron chi connectivity index (χ4n) is 1.75. The first-order chi connectivity index (χ1) is 8.65. The molecule has 0 unspecified atom stereocenters. The van der Waals surface area contributed by atoms with E-state index in [1.807, 2.05) is 12.1 Å². The topological polar surface area (TPSA) is 43.4 Å². The highest BCUT2D eigenvalue weighted by atomic mass is 79.9. The summed E-state index contributed by atoms with van der Waals surface area (Å²) in [6.07, 6.45) is 3.61. The van der Waals surface area contributed by atoms with Crippen molar-refractivity contribution < 1.29 is 14.3 Å². The summed E-state index contributed by atoms with van der Waals surface area (Å²) in [7, 11) is 0. The van der Waals surface area contributed by atoms with Gasteiger partial charge in [0, 0.05) is 29.0 Å². The number of hydrogen-bond acceptors (Lipinski definition) is 3. The smallest absolute Gasteiger partial charge is 0.200 e. The first-order valence-corrected chi connectivity index (χ1v) is 6.59. The molecule has 0 atom stereocenters. The van der Waals surface area contributed by atoms with E-state index in [0.717, 1.165) is 17.3 Å². The Labute approximate surface area is 114 Å². The van der Waals surface area contributed by atoms with Crippen LogP contribution in [0.15, 0.2) is 40.6 Å². The number of ketones is 2. The SMILES string of the molecule is O=C1C=C(OCC(=O)c2ccc(Br)cc2)CCC1. The van der Waals surface area contributed by atoms with Gasteiger partial charge < -0.3 is 4.74 Å². The van der Waals surface area contributed by atoms with E-state index >= 15 is 0 Å². The van der Waals surface area contributed by atoms with E-state index in [4.69, 9.17) is 4.74 Å². The molecule has 0 spiro atoms. The van der Waals surface area contributed by atoms with Crippen molar-refractivity contribution in [2.24, 2.45) is 0 Å². The van der Waals surface area contributed by atoms with Gasteiger partial charge in [-0.25, -0.2) is 0 Å². The summed E-state index contributed by atoms with van der Waals surface area (Å²) in [4.78, 5) is 23.0. The summed E-state index contributed by atoms with van der Waals surface area (Å²) < 4.78 is 6.31. The third-order valence-corrected chi connectivity index (χ3v) is 3.25. The van der Waals surface area contributed by atoms with Crippen LogP contribution in [-0.2, 0) is 9.53 Å². The first-order valence-electron chi connectivity index (χ1n) is 5.80. The second kappa shape index (κ2) is 5.96. The Hall–Kier alpha value is -1.42. The highest BCUT2D eigenvalue weighted by Gasteiger charge is 2.13. The molecule has 0 aromatic heterocycles. The minimum absolute atomic E-state index is 0.0131. The van der Waals surface area contributed by atoms with Crippen LogP contribution in [0.1, 0.15) is 29.6 Å². The first kappa shape index (κ1) is 13.0. The number of Topliss-reactive ketones (excluding diaryl/α,β-unsaturated/α-hetero) is 1. The van der Waals surface area contributed by atoms with Crippen molar-refractivity contribution >= 4 is 27.5 Å². The third kappa shape index (κ3) is 3.53. The van der Waals surface area contributed by atoms with E-state index in [2.05, 4.69) is 15.9 Å². The molecule has 18 heavy (non-hydrogen) atoms. The minimum atomic E-state index is -0.0820. The molecule has 0 N–H and O–H groups in total. The number of rotatable bonds is 4. The monoisotopic (exact) mass is 308 g/mol. The van der Waals surface area contributed by atoms with Crippen molar-refractivity contribution in [2.45, 2.75) is 19.3 Å². The lowest BCUT2D eigenvalue weighted by Gasteiger charge is -2.13. The van der Waals surface area contributed by atoms with Crippen LogP contribution >= 0.6 is 15.9 Å². The summed E-state index contributed by atoms with van der Waals surface area (Å²) in [6.45, 7) is -0.0131. The standard InChI is InChI=1S/C14H13BrO3/c15-11-6-4-10(5-7-11)14(17)9-18-13-3-1-2-12(16)8-13/h4-8H,1-3,9H2. The number of benzene rings is 1. The molecule has 1 aliphatic rings. The molecule has 0 amide bonds. The van der Waals surface area contributed by atoms with Gasteiger partial charge in [0.05, 0.1) is 0 Å². The Bertz CT molecular complexity index is 488. The van der Waals surface area contributed by atoms with Gasteiger partial charge in [-0.2, -0.15) is 0 Å². The maximum Gasteiger partial charge on any atom is 0.200 e. The Morgan fingerprint density at radius 2 is 1.94 bits per heavy atom. The van der Waals surface area contributed by atoms with Gasteiger partial charge in [0.25, 0.3) is 0 Å². The molecule has 0 saturated heterocycles. The summed E-state index contributed by atoms with van der Waals surface area (Å²) >= 11 is 3.31. The molecule has 1 aromatic carbocycles. The van der Waals surface area contributed by atoms with Crippen LogP contribution in [0.2, 0.25) is 0 Å². The van der Waals surface area contributed by atoms with Crippen molar-refractivity contribution in [3.05, 3.63) is 46.1 Å². The van der Waals surface area contributed by atoms with Crippen LogP contribution in [0.4, 0.5) is 0 Å².